The Morgan fingerprint density at radius 2 is 2.05 bits per heavy atom. The minimum Gasteiger partial charge on any atom is -0.598 e. The number of halogens is 1. The van der Waals surface area contributed by atoms with Gasteiger partial charge in [0, 0.05) is 11.4 Å². The zero-order valence-corrected chi connectivity index (χ0v) is 12.9. The number of benzene rings is 1. The molecule has 0 radical (unpaired) electrons. The van der Waals surface area contributed by atoms with Crippen LogP contribution in [0.5, 0.6) is 5.75 Å². The Morgan fingerprint density at radius 1 is 1.42 bits per heavy atom. The van der Waals surface area contributed by atoms with E-state index in [1.807, 2.05) is 34.6 Å². The molecule has 0 aliphatic heterocycles. The molecule has 1 aromatic rings. The van der Waals surface area contributed by atoms with Gasteiger partial charge < -0.3 is 9.29 Å². The maximum Gasteiger partial charge on any atom is 0.165 e. The third kappa shape index (κ3) is 4.67. The van der Waals surface area contributed by atoms with Crippen molar-refractivity contribution in [1.29, 1.82) is 0 Å². The summed E-state index contributed by atoms with van der Waals surface area (Å²) in [4.78, 5) is 0. The van der Waals surface area contributed by atoms with E-state index < -0.39 is 17.2 Å². The Kier molecular flexibility index (Phi) is 5.64. The lowest BCUT2D eigenvalue weighted by Crippen LogP contribution is -2.40. The molecule has 1 rings (SSSR count). The van der Waals surface area contributed by atoms with Gasteiger partial charge in [0.1, 0.15) is 4.75 Å². The van der Waals surface area contributed by atoms with E-state index in [0.717, 1.165) is 5.56 Å². The first kappa shape index (κ1) is 16.3. The van der Waals surface area contributed by atoms with Crippen molar-refractivity contribution in [2.24, 2.45) is 0 Å². The van der Waals surface area contributed by atoms with E-state index in [1.165, 1.54) is 6.07 Å². The zero-order chi connectivity index (χ0) is 14.6. The molecule has 0 amide bonds. The quantitative estimate of drug-likeness (QED) is 0.845. The fourth-order valence-electron chi connectivity index (χ4n) is 1.46. The van der Waals surface area contributed by atoms with Crippen molar-refractivity contribution in [2.45, 2.75) is 45.4 Å². The topological polar surface area (TPSA) is 44.3 Å². The van der Waals surface area contributed by atoms with Crippen molar-refractivity contribution >= 4 is 11.4 Å². The molecule has 0 aliphatic rings. The van der Waals surface area contributed by atoms with E-state index in [4.69, 9.17) is 4.74 Å². The molecule has 0 fully saturated rings. The van der Waals surface area contributed by atoms with E-state index >= 15 is 0 Å². The van der Waals surface area contributed by atoms with Crippen molar-refractivity contribution in [1.82, 2.24) is 4.72 Å². The first-order valence-electron chi connectivity index (χ1n) is 6.36. The third-order valence-corrected chi connectivity index (χ3v) is 4.28. The minimum atomic E-state index is -1.19. The maximum atomic E-state index is 13.7. The molecule has 0 aliphatic carbocycles. The molecule has 108 valence electrons. The minimum absolute atomic E-state index is 0.190. The van der Waals surface area contributed by atoms with Crippen LogP contribution in [0, 0.1) is 5.82 Å². The Bertz CT molecular complexity index is 420. The van der Waals surface area contributed by atoms with Gasteiger partial charge in [0.05, 0.1) is 12.6 Å². The predicted octanol–water partition coefficient (Wildman–Crippen LogP) is 3.34. The zero-order valence-electron chi connectivity index (χ0n) is 12.1. The Morgan fingerprint density at radius 3 is 2.53 bits per heavy atom. The molecule has 1 N–H and O–H groups in total. The van der Waals surface area contributed by atoms with E-state index in [-0.39, 0.29) is 16.5 Å². The summed E-state index contributed by atoms with van der Waals surface area (Å²) >= 11 is -1.19. The molecule has 5 heteroatoms. The maximum absolute atomic E-state index is 13.7. The number of hydrogen-bond acceptors (Lipinski definition) is 3. The van der Waals surface area contributed by atoms with Gasteiger partial charge in [0.15, 0.2) is 11.6 Å². The largest absolute Gasteiger partial charge is 0.598 e. The normalized spacial score (nSPS) is 15.1. The van der Waals surface area contributed by atoms with Gasteiger partial charge in [0.2, 0.25) is 0 Å². The molecule has 3 nitrogen and oxygen atoms in total. The SMILES string of the molecule is CCOc1ccc([C@@H](C)N[S+]([O-])C(C)(C)C)cc1F. The fourth-order valence-corrected chi connectivity index (χ4v) is 2.28. The van der Waals surface area contributed by atoms with E-state index in [2.05, 4.69) is 4.72 Å². The summed E-state index contributed by atoms with van der Waals surface area (Å²) in [6.07, 6.45) is 0. The molecule has 1 aromatic carbocycles. The molecule has 0 bridgehead atoms. The fraction of sp³-hybridized carbons (Fsp3) is 0.571. The molecule has 0 saturated heterocycles. The number of rotatable bonds is 5. The highest BCUT2D eigenvalue weighted by Gasteiger charge is 2.28. The van der Waals surface area contributed by atoms with Crippen LogP contribution in [0.4, 0.5) is 4.39 Å². The van der Waals surface area contributed by atoms with Crippen molar-refractivity contribution < 1.29 is 13.7 Å². The highest BCUT2D eigenvalue weighted by atomic mass is 32.2. The number of hydrogen-bond donors (Lipinski definition) is 1. The van der Waals surface area contributed by atoms with Crippen molar-refractivity contribution in [2.75, 3.05) is 6.61 Å². The molecular weight excluding hydrogens is 265 g/mol. The number of nitrogens with one attached hydrogen (secondary N) is 1. The molecular formula is C14H22FNO2S. The summed E-state index contributed by atoms with van der Waals surface area (Å²) < 4.78 is 33.5. The van der Waals surface area contributed by atoms with Crippen LogP contribution in [0.25, 0.3) is 0 Å². The van der Waals surface area contributed by atoms with Crippen molar-refractivity contribution in [3.05, 3.63) is 29.6 Å². The lowest BCUT2D eigenvalue weighted by atomic mass is 10.1. The van der Waals surface area contributed by atoms with Crippen LogP contribution in [0.2, 0.25) is 0 Å². The lowest BCUT2D eigenvalue weighted by molar-refractivity contribution is 0.321. The van der Waals surface area contributed by atoms with Crippen LogP contribution in [0.3, 0.4) is 0 Å². The van der Waals surface area contributed by atoms with Gasteiger partial charge in [0.25, 0.3) is 0 Å². The number of ether oxygens (including phenoxy) is 1. The second-order valence-electron chi connectivity index (χ2n) is 5.34. The Hall–Kier alpha value is -0.780. The first-order chi connectivity index (χ1) is 8.75. The molecule has 0 spiro atoms. The summed E-state index contributed by atoms with van der Waals surface area (Å²) in [5.41, 5.74) is 0.749. The summed E-state index contributed by atoms with van der Waals surface area (Å²) in [5.74, 6) is -0.148. The van der Waals surface area contributed by atoms with Gasteiger partial charge in [-0.25, -0.2) is 4.39 Å². The Labute approximate surface area is 117 Å². The van der Waals surface area contributed by atoms with Crippen LogP contribution >= 0.6 is 0 Å². The molecule has 19 heavy (non-hydrogen) atoms. The highest BCUT2D eigenvalue weighted by Crippen LogP contribution is 2.24. The molecule has 0 aromatic heterocycles. The molecule has 2 atom stereocenters. The van der Waals surface area contributed by atoms with Crippen molar-refractivity contribution in [3.8, 4) is 5.75 Å². The second-order valence-corrected chi connectivity index (χ2v) is 7.34. The third-order valence-electron chi connectivity index (χ3n) is 2.60. The summed E-state index contributed by atoms with van der Waals surface area (Å²) in [6, 6.07) is 4.62. The van der Waals surface area contributed by atoms with Gasteiger partial charge in [-0.15, -0.1) is 4.72 Å². The van der Waals surface area contributed by atoms with Gasteiger partial charge in [-0.3, -0.25) is 0 Å². The van der Waals surface area contributed by atoms with E-state index in [1.54, 1.807) is 12.1 Å². The lowest BCUT2D eigenvalue weighted by Gasteiger charge is -2.26. The molecule has 1 unspecified atom stereocenters. The van der Waals surface area contributed by atoms with Crippen molar-refractivity contribution in [3.63, 3.8) is 0 Å². The van der Waals surface area contributed by atoms with Crippen LogP contribution in [0.15, 0.2) is 18.2 Å². The van der Waals surface area contributed by atoms with Crippen LogP contribution in [-0.4, -0.2) is 15.9 Å². The first-order valence-corrected chi connectivity index (χ1v) is 7.51. The van der Waals surface area contributed by atoms with Gasteiger partial charge in [-0.2, -0.15) is 0 Å². The monoisotopic (exact) mass is 287 g/mol. The average Bonchev–Trinajstić information content (AvgIpc) is 2.30. The van der Waals surface area contributed by atoms with Crippen LogP contribution in [-0.2, 0) is 11.4 Å². The summed E-state index contributed by atoms with van der Waals surface area (Å²) in [7, 11) is 0. The predicted molar refractivity (Wildman–Crippen MR) is 77.0 cm³/mol. The standard InChI is InChI=1S/C14H22FNO2S/c1-6-18-13-8-7-11(9-12(13)15)10(2)16-19(17)14(3,4)5/h7-10,16H,6H2,1-5H3/t10-,19?/m1/s1. The van der Waals surface area contributed by atoms with E-state index in [9.17, 15) is 8.94 Å². The highest BCUT2D eigenvalue weighted by molar-refractivity contribution is 7.90. The summed E-state index contributed by atoms with van der Waals surface area (Å²) in [5, 5.41) is 0. The van der Waals surface area contributed by atoms with Gasteiger partial charge >= 0.3 is 0 Å². The van der Waals surface area contributed by atoms with Gasteiger partial charge in [-0.1, -0.05) is 6.07 Å². The summed E-state index contributed by atoms with van der Waals surface area (Å²) in [6.45, 7) is 9.77. The van der Waals surface area contributed by atoms with Gasteiger partial charge in [-0.05, 0) is 52.3 Å². The van der Waals surface area contributed by atoms with Crippen LogP contribution in [0.1, 0.15) is 46.2 Å². The van der Waals surface area contributed by atoms with Crippen LogP contribution < -0.4 is 9.46 Å². The average molecular weight is 287 g/mol. The second kappa shape index (κ2) is 6.59. The van der Waals surface area contributed by atoms with E-state index in [0.29, 0.717) is 6.61 Å². The molecule has 0 saturated carbocycles. The smallest absolute Gasteiger partial charge is 0.165 e. The molecule has 0 heterocycles. The Balaban J connectivity index is 2.78.